The third-order valence-electron chi connectivity index (χ3n) is 2.07. The maximum Gasteiger partial charge on any atom is 0.0444 e. The number of hydrogen-bond acceptors (Lipinski definition) is 2. The van der Waals surface area contributed by atoms with Crippen LogP contribution >= 0.6 is 0 Å². The van der Waals surface area contributed by atoms with E-state index >= 15 is 0 Å². The molecule has 2 nitrogen and oxygen atoms in total. The summed E-state index contributed by atoms with van der Waals surface area (Å²) in [6.45, 7) is 2.04. The predicted molar refractivity (Wildman–Crippen MR) is 58.7 cm³/mol. The van der Waals surface area contributed by atoms with Crippen molar-refractivity contribution in [3.8, 4) is 0 Å². The second-order valence-electron chi connectivity index (χ2n) is 3.18. The first kappa shape index (κ1) is 8.75. The molecule has 0 aliphatic rings. The minimum atomic E-state index is 1.10. The fourth-order valence-electron chi connectivity index (χ4n) is 1.29. The zero-order valence-electron chi connectivity index (χ0n) is 8.07. The zero-order valence-corrected chi connectivity index (χ0v) is 8.07. The summed E-state index contributed by atoms with van der Waals surface area (Å²) in [5.41, 5.74) is 3.35. The standard InChI is InChI=1S/C12H12N2/c1-10-9-13-8-7-12(10)14-11-5-3-2-4-6-11/h2-9H,1H3,(H,13,14). The molecule has 2 heteroatoms. The third kappa shape index (κ3) is 1.91. The lowest BCUT2D eigenvalue weighted by Crippen LogP contribution is -1.92. The zero-order chi connectivity index (χ0) is 9.80. The molecule has 0 amide bonds. The van der Waals surface area contributed by atoms with Crippen molar-refractivity contribution in [3.63, 3.8) is 0 Å². The summed E-state index contributed by atoms with van der Waals surface area (Å²) in [4.78, 5) is 4.05. The van der Waals surface area contributed by atoms with Crippen LogP contribution in [0.15, 0.2) is 48.8 Å². The maximum atomic E-state index is 4.05. The molecule has 0 saturated carbocycles. The first-order valence-electron chi connectivity index (χ1n) is 4.59. The normalized spacial score (nSPS) is 9.79. The lowest BCUT2D eigenvalue weighted by Gasteiger charge is -2.07. The van der Waals surface area contributed by atoms with Crippen LogP contribution in [0, 0.1) is 6.92 Å². The number of aromatic nitrogens is 1. The minimum Gasteiger partial charge on any atom is -0.355 e. The third-order valence-corrected chi connectivity index (χ3v) is 2.07. The number of rotatable bonds is 2. The van der Waals surface area contributed by atoms with E-state index < -0.39 is 0 Å². The fraction of sp³-hybridized carbons (Fsp3) is 0.0833. The summed E-state index contributed by atoms with van der Waals surface area (Å²) >= 11 is 0. The van der Waals surface area contributed by atoms with Crippen LogP contribution in [-0.2, 0) is 0 Å². The van der Waals surface area contributed by atoms with E-state index in [4.69, 9.17) is 0 Å². The van der Waals surface area contributed by atoms with Crippen molar-refractivity contribution < 1.29 is 0 Å². The van der Waals surface area contributed by atoms with Gasteiger partial charge in [0.15, 0.2) is 0 Å². The molecule has 1 N–H and O–H groups in total. The molecule has 0 saturated heterocycles. The van der Waals surface area contributed by atoms with Gasteiger partial charge in [-0.1, -0.05) is 18.2 Å². The largest absolute Gasteiger partial charge is 0.355 e. The molecule has 0 fully saturated rings. The van der Waals surface area contributed by atoms with Crippen molar-refractivity contribution in [1.29, 1.82) is 0 Å². The Morgan fingerprint density at radius 3 is 2.57 bits per heavy atom. The Labute approximate surface area is 83.6 Å². The van der Waals surface area contributed by atoms with Crippen molar-refractivity contribution in [2.24, 2.45) is 0 Å². The summed E-state index contributed by atoms with van der Waals surface area (Å²) < 4.78 is 0. The van der Waals surface area contributed by atoms with Gasteiger partial charge in [-0.15, -0.1) is 0 Å². The highest BCUT2D eigenvalue weighted by molar-refractivity contribution is 5.61. The molecule has 0 spiro atoms. The molecule has 0 atom stereocenters. The lowest BCUT2D eigenvalue weighted by atomic mass is 10.2. The topological polar surface area (TPSA) is 24.9 Å². The lowest BCUT2D eigenvalue weighted by molar-refractivity contribution is 1.26. The van der Waals surface area contributed by atoms with Crippen LogP contribution < -0.4 is 5.32 Å². The number of hydrogen-bond donors (Lipinski definition) is 1. The molecule has 0 aliphatic heterocycles. The van der Waals surface area contributed by atoms with Crippen molar-refractivity contribution in [1.82, 2.24) is 4.98 Å². The van der Waals surface area contributed by atoms with Crippen LogP contribution in [-0.4, -0.2) is 4.98 Å². The van der Waals surface area contributed by atoms with Crippen molar-refractivity contribution in [2.75, 3.05) is 5.32 Å². The monoisotopic (exact) mass is 184 g/mol. The highest BCUT2D eigenvalue weighted by Crippen LogP contribution is 2.18. The molecule has 14 heavy (non-hydrogen) atoms. The van der Waals surface area contributed by atoms with E-state index in [9.17, 15) is 0 Å². The molecule has 0 unspecified atom stereocenters. The predicted octanol–water partition coefficient (Wildman–Crippen LogP) is 3.13. The van der Waals surface area contributed by atoms with E-state index in [1.165, 1.54) is 0 Å². The highest BCUT2D eigenvalue weighted by atomic mass is 14.9. The van der Waals surface area contributed by atoms with Crippen molar-refractivity contribution in [2.45, 2.75) is 6.92 Å². The van der Waals surface area contributed by atoms with E-state index in [-0.39, 0.29) is 0 Å². The Morgan fingerprint density at radius 1 is 1.07 bits per heavy atom. The summed E-state index contributed by atoms with van der Waals surface area (Å²) in [7, 11) is 0. The van der Waals surface area contributed by atoms with E-state index in [1.54, 1.807) is 6.20 Å². The van der Waals surface area contributed by atoms with Crippen LogP contribution in [0.25, 0.3) is 0 Å². The Bertz CT molecular complexity index is 410. The van der Waals surface area contributed by atoms with Gasteiger partial charge in [0, 0.05) is 23.8 Å². The average molecular weight is 184 g/mol. The average Bonchev–Trinajstić information content (AvgIpc) is 2.23. The number of pyridine rings is 1. The number of aryl methyl sites for hydroxylation is 1. The van der Waals surface area contributed by atoms with E-state index in [1.807, 2.05) is 49.5 Å². The van der Waals surface area contributed by atoms with E-state index in [2.05, 4.69) is 10.3 Å². The molecule has 0 radical (unpaired) electrons. The first-order chi connectivity index (χ1) is 6.86. The SMILES string of the molecule is Cc1cnccc1Nc1ccccc1. The molecule has 1 aromatic carbocycles. The van der Waals surface area contributed by atoms with Gasteiger partial charge in [0.25, 0.3) is 0 Å². The smallest absolute Gasteiger partial charge is 0.0444 e. The van der Waals surface area contributed by atoms with Gasteiger partial charge < -0.3 is 5.32 Å². The molecule has 2 aromatic rings. The fourth-order valence-corrected chi connectivity index (χ4v) is 1.29. The van der Waals surface area contributed by atoms with Gasteiger partial charge >= 0.3 is 0 Å². The van der Waals surface area contributed by atoms with Gasteiger partial charge in [0.05, 0.1) is 0 Å². The van der Waals surface area contributed by atoms with Gasteiger partial charge in [0.2, 0.25) is 0 Å². The summed E-state index contributed by atoms with van der Waals surface area (Å²) in [6.07, 6.45) is 3.64. The molecule has 0 aliphatic carbocycles. The Morgan fingerprint density at radius 2 is 1.86 bits per heavy atom. The Kier molecular flexibility index (Phi) is 2.45. The molecule has 70 valence electrons. The van der Waals surface area contributed by atoms with Gasteiger partial charge in [-0.2, -0.15) is 0 Å². The van der Waals surface area contributed by atoms with Crippen molar-refractivity contribution in [3.05, 3.63) is 54.4 Å². The molecular weight excluding hydrogens is 172 g/mol. The molecule has 1 heterocycles. The van der Waals surface area contributed by atoms with Crippen molar-refractivity contribution >= 4 is 11.4 Å². The second-order valence-corrected chi connectivity index (χ2v) is 3.18. The van der Waals surface area contributed by atoms with Crippen LogP contribution in [0.3, 0.4) is 0 Å². The number of nitrogens with zero attached hydrogens (tertiary/aromatic N) is 1. The van der Waals surface area contributed by atoms with E-state index in [0.717, 1.165) is 16.9 Å². The summed E-state index contributed by atoms with van der Waals surface area (Å²) in [5, 5.41) is 3.33. The van der Waals surface area contributed by atoms with Gasteiger partial charge in [-0.25, -0.2) is 0 Å². The Hall–Kier alpha value is -1.83. The molecule has 1 aromatic heterocycles. The first-order valence-corrected chi connectivity index (χ1v) is 4.59. The van der Waals surface area contributed by atoms with Gasteiger partial charge in [-0.05, 0) is 30.7 Å². The Balaban J connectivity index is 2.24. The maximum absolute atomic E-state index is 4.05. The molecular formula is C12H12N2. The highest BCUT2D eigenvalue weighted by Gasteiger charge is 1.96. The van der Waals surface area contributed by atoms with Gasteiger partial charge in [0.1, 0.15) is 0 Å². The quantitative estimate of drug-likeness (QED) is 0.775. The van der Waals surface area contributed by atoms with E-state index in [0.29, 0.717) is 0 Å². The number of anilines is 2. The van der Waals surface area contributed by atoms with Crippen LogP contribution in [0.2, 0.25) is 0 Å². The van der Waals surface area contributed by atoms with Crippen LogP contribution in [0.5, 0.6) is 0 Å². The molecule has 0 bridgehead atoms. The summed E-state index contributed by atoms with van der Waals surface area (Å²) in [6, 6.07) is 12.1. The molecule has 2 rings (SSSR count). The minimum absolute atomic E-state index is 1.10. The summed E-state index contributed by atoms with van der Waals surface area (Å²) in [5.74, 6) is 0. The van der Waals surface area contributed by atoms with Crippen LogP contribution in [0.4, 0.5) is 11.4 Å². The number of para-hydroxylation sites is 1. The second kappa shape index (κ2) is 3.92. The van der Waals surface area contributed by atoms with Gasteiger partial charge in [-0.3, -0.25) is 4.98 Å². The number of benzene rings is 1. The number of nitrogens with one attached hydrogen (secondary N) is 1. The van der Waals surface area contributed by atoms with Crippen LogP contribution in [0.1, 0.15) is 5.56 Å².